The van der Waals surface area contributed by atoms with E-state index < -0.39 is 5.54 Å². The SMILES string of the molecule is CC(C)(N)C(=O)NCc1nnc(-c2ccccc2)s1. The monoisotopic (exact) mass is 276 g/mol. The molecule has 2 rings (SSSR count). The van der Waals surface area contributed by atoms with E-state index in [4.69, 9.17) is 5.73 Å². The van der Waals surface area contributed by atoms with Gasteiger partial charge in [-0.25, -0.2) is 0 Å². The summed E-state index contributed by atoms with van der Waals surface area (Å²) in [6, 6.07) is 9.82. The van der Waals surface area contributed by atoms with E-state index in [0.717, 1.165) is 15.6 Å². The Balaban J connectivity index is 2.01. The molecule has 0 saturated heterocycles. The topological polar surface area (TPSA) is 80.9 Å². The molecule has 0 fully saturated rings. The molecule has 0 atom stereocenters. The van der Waals surface area contributed by atoms with Crippen LogP contribution in [0.5, 0.6) is 0 Å². The van der Waals surface area contributed by atoms with Gasteiger partial charge in [0.25, 0.3) is 0 Å². The summed E-state index contributed by atoms with van der Waals surface area (Å²) in [5, 5.41) is 12.5. The largest absolute Gasteiger partial charge is 0.348 e. The Bertz CT molecular complexity index is 560. The number of aromatic nitrogens is 2. The van der Waals surface area contributed by atoms with E-state index in [2.05, 4.69) is 15.5 Å². The Hall–Kier alpha value is -1.79. The number of amides is 1. The van der Waals surface area contributed by atoms with Crippen molar-refractivity contribution in [2.75, 3.05) is 0 Å². The number of rotatable bonds is 4. The van der Waals surface area contributed by atoms with Crippen LogP contribution in [0.25, 0.3) is 10.6 Å². The van der Waals surface area contributed by atoms with Gasteiger partial charge in [-0.2, -0.15) is 0 Å². The maximum atomic E-state index is 11.6. The summed E-state index contributed by atoms with van der Waals surface area (Å²) in [7, 11) is 0. The maximum Gasteiger partial charge on any atom is 0.239 e. The van der Waals surface area contributed by atoms with Crippen LogP contribution in [0.2, 0.25) is 0 Å². The Morgan fingerprint density at radius 2 is 2.00 bits per heavy atom. The van der Waals surface area contributed by atoms with Gasteiger partial charge in [-0.15, -0.1) is 10.2 Å². The summed E-state index contributed by atoms with van der Waals surface area (Å²) >= 11 is 1.46. The number of carbonyl (C=O) groups excluding carboxylic acids is 1. The average molecular weight is 276 g/mol. The molecule has 0 radical (unpaired) electrons. The first kappa shape index (κ1) is 13.6. The Labute approximate surface area is 115 Å². The van der Waals surface area contributed by atoms with Crippen molar-refractivity contribution >= 4 is 17.2 Å². The summed E-state index contributed by atoms with van der Waals surface area (Å²) in [6.45, 7) is 3.68. The molecule has 1 amide bonds. The van der Waals surface area contributed by atoms with Gasteiger partial charge >= 0.3 is 0 Å². The second-order valence-corrected chi connectivity index (χ2v) is 5.83. The number of nitrogens with one attached hydrogen (secondary N) is 1. The molecule has 5 nitrogen and oxygen atoms in total. The van der Waals surface area contributed by atoms with Gasteiger partial charge in [0, 0.05) is 5.56 Å². The maximum absolute atomic E-state index is 11.6. The number of nitrogens with zero attached hydrogens (tertiary/aromatic N) is 2. The molecule has 0 aliphatic heterocycles. The predicted octanol–water partition coefficient (Wildman–Crippen LogP) is 1.56. The fourth-order valence-corrected chi connectivity index (χ4v) is 2.19. The third-order valence-corrected chi connectivity index (χ3v) is 3.45. The van der Waals surface area contributed by atoms with Gasteiger partial charge < -0.3 is 11.1 Å². The van der Waals surface area contributed by atoms with Crippen LogP contribution in [0.15, 0.2) is 30.3 Å². The lowest BCUT2D eigenvalue weighted by Crippen LogP contribution is -2.48. The highest BCUT2D eigenvalue weighted by Gasteiger charge is 2.21. The lowest BCUT2D eigenvalue weighted by atomic mass is 10.1. The molecule has 3 N–H and O–H groups in total. The van der Waals surface area contributed by atoms with Crippen LogP contribution in [0, 0.1) is 0 Å². The highest BCUT2D eigenvalue weighted by atomic mass is 32.1. The molecule has 1 heterocycles. The first-order valence-electron chi connectivity index (χ1n) is 5.92. The second kappa shape index (κ2) is 5.46. The van der Waals surface area contributed by atoms with Crippen LogP contribution in [-0.4, -0.2) is 21.6 Å². The summed E-state index contributed by atoms with van der Waals surface area (Å²) in [5.74, 6) is -0.205. The van der Waals surface area contributed by atoms with Crippen molar-refractivity contribution in [1.29, 1.82) is 0 Å². The van der Waals surface area contributed by atoms with Crippen molar-refractivity contribution in [2.24, 2.45) is 5.73 Å². The molecule has 1 aromatic carbocycles. The third-order valence-electron chi connectivity index (χ3n) is 2.47. The molecule has 1 aromatic heterocycles. The molecule has 19 heavy (non-hydrogen) atoms. The molecule has 0 aliphatic carbocycles. The van der Waals surface area contributed by atoms with Crippen molar-refractivity contribution < 1.29 is 4.79 Å². The van der Waals surface area contributed by atoms with Crippen LogP contribution >= 0.6 is 11.3 Å². The number of hydrogen-bond donors (Lipinski definition) is 2. The lowest BCUT2D eigenvalue weighted by Gasteiger charge is -2.16. The molecular formula is C13H16N4OS. The molecule has 0 saturated carbocycles. The van der Waals surface area contributed by atoms with Crippen LogP contribution in [0.3, 0.4) is 0 Å². The smallest absolute Gasteiger partial charge is 0.239 e. The van der Waals surface area contributed by atoms with Crippen molar-refractivity contribution in [1.82, 2.24) is 15.5 Å². The highest BCUT2D eigenvalue weighted by Crippen LogP contribution is 2.22. The molecule has 100 valence electrons. The summed E-state index contributed by atoms with van der Waals surface area (Å²) in [4.78, 5) is 11.6. The Kier molecular flexibility index (Phi) is 3.92. The van der Waals surface area contributed by atoms with E-state index in [-0.39, 0.29) is 5.91 Å². The van der Waals surface area contributed by atoms with Crippen LogP contribution in [0.4, 0.5) is 0 Å². The normalized spacial score (nSPS) is 11.3. The van der Waals surface area contributed by atoms with Crippen molar-refractivity contribution in [3.63, 3.8) is 0 Å². The van der Waals surface area contributed by atoms with E-state index >= 15 is 0 Å². The second-order valence-electron chi connectivity index (χ2n) is 4.77. The number of carbonyl (C=O) groups is 1. The van der Waals surface area contributed by atoms with Gasteiger partial charge in [0.1, 0.15) is 10.0 Å². The average Bonchev–Trinajstić information content (AvgIpc) is 2.84. The first-order valence-corrected chi connectivity index (χ1v) is 6.73. The van der Waals surface area contributed by atoms with Gasteiger partial charge in [0.15, 0.2) is 0 Å². The van der Waals surface area contributed by atoms with E-state index in [1.54, 1.807) is 13.8 Å². The number of benzene rings is 1. The van der Waals surface area contributed by atoms with Gasteiger partial charge in [0.2, 0.25) is 5.91 Å². The number of hydrogen-bond acceptors (Lipinski definition) is 5. The fourth-order valence-electron chi connectivity index (χ4n) is 1.41. The van der Waals surface area contributed by atoms with Crippen LogP contribution in [-0.2, 0) is 11.3 Å². The molecule has 0 bridgehead atoms. The van der Waals surface area contributed by atoms with Crippen LogP contribution in [0.1, 0.15) is 18.9 Å². The molecule has 6 heteroatoms. The van der Waals surface area contributed by atoms with E-state index in [9.17, 15) is 4.79 Å². The van der Waals surface area contributed by atoms with E-state index in [1.807, 2.05) is 30.3 Å². The zero-order chi connectivity index (χ0) is 13.9. The first-order chi connectivity index (χ1) is 8.97. The van der Waals surface area contributed by atoms with E-state index in [0.29, 0.717) is 6.54 Å². The lowest BCUT2D eigenvalue weighted by molar-refractivity contribution is -0.125. The van der Waals surface area contributed by atoms with Gasteiger partial charge in [-0.1, -0.05) is 41.7 Å². The highest BCUT2D eigenvalue weighted by molar-refractivity contribution is 7.14. The minimum atomic E-state index is -0.882. The van der Waals surface area contributed by atoms with Gasteiger partial charge in [-0.3, -0.25) is 4.79 Å². The molecule has 0 unspecified atom stereocenters. The summed E-state index contributed by atoms with van der Waals surface area (Å²) in [6.07, 6.45) is 0. The minimum Gasteiger partial charge on any atom is -0.348 e. The number of nitrogens with two attached hydrogens (primary N) is 1. The van der Waals surface area contributed by atoms with Crippen LogP contribution < -0.4 is 11.1 Å². The zero-order valence-electron chi connectivity index (χ0n) is 10.9. The van der Waals surface area contributed by atoms with Crippen molar-refractivity contribution in [2.45, 2.75) is 25.9 Å². The third kappa shape index (κ3) is 3.59. The molecule has 0 aliphatic rings. The molecular weight excluding hydrogens is 260 g/mol. The standard InChI is InChI=1S/C13H16N4OS/c1-13(2,14)12(18)15-8-10-16-17-11(19-10)9-6-4-3-5-7-9/h3-7H,8,14H2,1-2H3,(H,15,18). The Morgan fingerprint density at radius 3 is 2.63 bits per heavy atom. The fraction of sp³-hybridized carbons (Fsp3) is 0.308. The van der Waals surface area contributed by atoms with Crippen molar-refractivity contribution in [3.8, 4) is 10.6 Å². The molecule has 2 aromatic rings. The minimum absolute atomic E-state index is 0.205. The summed E-state index contributed by atoms with van der Waals surface area (Å²) in [5.41, 5.74) is 5.84. The quantitative estimate of drug-likeness (QED) is 0.888. The van der Waals surface area contributed by atoms with Crippen molar-refractivity contribution in [3.05, 3.63) is 35.3 Å². The predicted molar refractivity (Wildman–Crippen MR) is 75.5 cm³/mol. The van der Waals surface area contributed by atoms with Gasteiger partial charge in [-0.05, 0) is 13.8 Å². The zero-order valence-corrected chi connectivity index (χ0v) is 11.7. The molecule has 0 spiro atoms. The van der Waals surface area contributed by atoms with Gasteiger partial charge in [0.05, 0.1) is 12.1 Å². The Morgan fingerprint density at radius 1 is 1.32 bits per heavy atom. The van der Waals surface area contributed by atoms with E-state index in [1.165, 1.54) is 11.3 Å². The summed E-state index contributed by atoms with van der Waals surface area (Å²) < 4.78 is 0.